The van der Waals surface area contributed by atoms with Crippen molar-refractivity contribution < 1.29 is 9.53 Å². The number of hydrogen-bond donors (Lipinski definition) is 1. The first-order valence-corrected chi connectivity index (χ1v) is 7.77. The van der Waals surface area contributed by atoms with Gasteiger partial charge in [0.25, 0.3) is 5.91 Å². The molecule has 3 aromatic rings. The SMILES string of the molecule is Cc1cccc(O[C@H](C)C(=O)Nc2cnc3c(c2)c(C)nn3C)c1. The molecule has 6 nitrogen and oxygen atoms in total. The highest BCUT2D eigenvalue weighted by Gasteiger charge is 2.16. The maximum absolute atomic E-state index is 12.3. The van der Waals surface area contributed by atoms with Gasteiger partial charge in [-0.15, -0.1) is 0 Å². The van der Waals surface area contributed by atoms with Crippen molar-refractivity contribution in [3.63, 3.8) is 0 Å². The zero-order chi connectivity index (χ0) is 17.3. The summed E-state index contributed by atoms with van der Waals surface area (Å²) in [7, 11) is 1.85. The number of ether oxygens (including phenoxy) is 1. The number of nitrogens with one attached hydrogen (secondary N) is 1. The van der Waals surface area contributed by atoms with Crippen LogP contribution in [0.2, 0.25) is 0 Å². The van der Waals surface area contributed by atoms with Gasteiger partial charge in [-0.2, -0.15) is 5.10 Å². The third-order valence-corrected chi connectivity index (χ3v) is 3.80. The molecule has 0 fully saturated rings. The molecule has 2 heterocycles. The Hall–Kier alpha value is -2.89. The van der Waals surface area contributed by atoms with Gasteiger partial charge in [0.15, 0.2) is 11.8 Å². The summed E-state index contributed by atoms with van der Waals surface area (Å²) in [6.07, 6.45) is 1.01. The quantitative estimate of drug-likeness (QED) is 0.801. The van der Waals surface area contributed by atoms with Crippen molar-refractivity contribution in [2.75, 3.05) is 5.32 Å². The Morgan fingerprint density at radius 3 is 2.83 bits per heavy atom. The van der Waals surface area contributed by atoms with Crippen LogP contribution in [0.3, 0.4) is 0 Å². The van der Waals surface area contributed by atoms with Gasteiger partial charge < -0.3 is 10.1 Å². The number of nitrogens with zero attached hydrogens (tertiary/aromatic N) is 3. The van der Waals surface area contributed by atoms with Crippen molar-refractivity contribution in [2.24, 2.45) is 7.05 Å². The van der Waals surface area contributed by atoms with Crippen molar-refractivity contribution in [2.45, 2.75) is 26.9 Å². The molecule has 1 aromatic carbocycles. The first-order valence-electron chi connectivity index (χ1n) is 7.77. The van der Waals surface area contributed by atoms with Gasteiger partial charge in [-0.3, -0.25) is 9.48 Å². The Kier molecular flexibility index (Phi) is 4.20. The number of amides is 1. The molecule has 0 aliphatic carbocycles. The van der Waals surface area contributed by atoms with Gasteiger partial charge in [0.2, 0.25) is 0 Å². The molecule has 0 bridgehead atoms. The molecule has 6 heteroatoms. The van der Waals surface area contributed by atoms with Crippen LogP contribution < -0.4 is 10.1 Å². The summed E-state index contributed by atoms with van der Waals surface area (Å²) in [5.41, 5.74) is 3.37. The second kappa shape index (κ2) is 6.31. The van der Waals surface area contributed by atoms with Crippen molar-refractivity contribution in [1.82, 2.24) is 14.8 Å². The van der Waals surface area contributed by atoms with Crippen LogP contribution in [-0.2, 0) is 11.8 Å². The Labute approximate surface area is 140 Å². The zero-order valence-electron chi connectivity index (χ0n) is 14.2. The molecule has 0 saturated heterocycles. The lowest BCUT2D eigenvalue weighted by molar-refractivity contribution is -0.122. The second-order valence-corrected chi connectivity index (χ2v) is 5.87. The number of benzene rings is 1. The van der Waals surface area contributed by atoms with Gasteiger partial charge in [-0.1, -0.05) is 12.1 Å². The number of fused-ring (bicyclic) bond motifs is 1. The van der Waals surface area contributed by atoms with Crippen LogP contribution in [0.25, 0.3) is 11.0 Å². The Balaban J connectivity index is 1.73. The molecule has 3 rings (SSSR count). The smallest absolute Gasteiger partial charge is 0.265 e. The maximum atomic E-state index is 12.3. The Bertz CT molecular complexity index is 901. The first kappa shape index (κ1) is 16.0. The molecule has 1 amide bonds. The number of rotatable bonds is 4. The Morgan fingerprint density at radius 1 is 1.29 bits per heavy atom. The fourth-order valence-corrected chi connectivity index (χ4v) is 2.57. The summed E-state index contributed by atoms with van der Waals surface area (Å²) in [4.78, 5) is 16.7. The average molecular weight is 324 g/mol. The summed E-state index contributed by atoms with van der Waals surface area (Å²) in [6, 6.07) is 9.49. The highest BCUT2D eigenvalue weighted by atomic mass is 16.5. The number of aryl methyl sites for hydroxylation is 3. The van der Waals surface area contributed by atoms with Gasteiger partial charge in [0.1, 0.15) is 5.75 Å². The van der Waals surface area contributed by atoms with Crippen LogP contribution in [0.5, 0.6) is 5.75 Å². The van der Waals surface area contributed by atoms with E-state index in [0.29, 0.717) is 11.4 Å². The average Bonchev–Trinajstić information content (AvgIpc) is 2.81. The minimum Gasteiger partial charge on any atom is -0.481 e. The standard InChI is InChI=1S/C18H20N4O2/c1-11-6-5-7-15(8-11)24-13(3)18(23)20-14-9-16-12(2)21-22(4)17(16)19-10-14/h5-10,13H,1-4H3,(H,20,23)/t13-/m1/s1. The number of carbonyl (C=O) groups excluding carboxylic acids is 1. The fraction of sp³-hybridized carbons (Fsp3) is 0.278. The molecule has 0 aliphatic heterocycles. The van der Waals surface area contributed by atoms with E-state index in [1.54, 1.807) is 17.8 Å². The fourth-order valence-electron chi connectivity index (χ4n) is 2.57. The van der Waals surface area contributed by atoms with E-state index in [-0.39, 0.29) is 5.91 Å². The van der Waals surface area contributed by atoms with E-state index in [4.69, 9.17) is 4.74 Å². The number of anilines is 1. The van der Waals surface area contributed by atoms with Gasteiger partial charge in [-0.25, -0.2) is 4.98 Å². The van der Waals surface area contributed by atoms with Crippen molar-refractivity contribution in [3.8, 4) is 5.75 Å². The minimum atomic E-state index is -0.613. The van der Waals surface area contributed by atoms with Crippen molar-refractivity contribution in [3.05, 3.63) is 47.8 Å². The molecule has 0 saturated carbocycles. The van der Waals surface area contributed by atoms with E-state index in [2.05, 4.69) is 15.4 Å². The molecule has 0 aliphatic rings. The molecule has 124 valence electrons. The normalized spacial score (nSPS) is 12.2. The minimum absolute atomic E-state index is 0.223. The van der Waals surface area contributed by atoms with E-state index in [1.165, 1.54) is 0 Å². The third-order valence-electron chi connectivity index (χ3n) is 3.80. The lowest BCUT2D eigenvalue weighted by Crippen LogP contribution is -2.30. The van der Waals surface area contributed by atoms with Crippen LogP contribution in [0, 0.1) is 13.8 Å². The van der Waals surface area contributed by atoms with Crippen molar-refractivity contribution >= 4 is 22.6 Å². The maximum Gasteiger partial charge on any atom is 0.265 e. The monoisotopic (exact) mass is 324 g/mol. The van der Waals surface area contributed by atoms with Crippen LogP contribution in [-0.4, -0.2) is 26.8 Å². The lowest BCUT2D eigenvalue weighted by atomic mass is 10.2. The number of carbonyl (C=O) groups is 1. The molecule has 0 unspecified atom stereocenters. The topological polar surface area (TPSA) is 69.0 Å². The summed E-state index contributed by atoms with van der Waals surface area (Å²) >= 11 is 0. The van der Waals surface area contributed by atoms with Gasteiger partial charge in [0, 0.05) is 12.4 Å². The highest BCUT2D eigenvalue weighted by Crippen LogP contribution is 2.20. The molecule has 1 atom stereocenters. The summed E-state index contributed by atoms with van der Waals surface area (Å²) < 4.78 is 7.42. The summed E-state index contributed by atoms with van der Waals surface area (Å²) in [6.45, 7) is 5.62. The van der Waals surface area contributed by atoms with Gasteiger partial charge in [-0.05, 0) is 44.5 Å². The first-order chi connectivity index (χ1) is 11.4. The number of pyridine rings is 1. The predicted molar refractivity (Wildman–Crippen MR) is 93.1 cm³/mol. The predicted octanol–water partition coefficient (Wildman–Crippen LogP) is 2.99. The Morgan fingerprint density at radius 2 is 2.08 bits per heavy atom. The second-order valence-electron chi connectivity index (χ2n) is 5.87. The highest BCUT2D eigenvalue weighted by molar-refractivity contribution is 5.95. The number of hydrogen-bond acceptors (Lipinski definition) is 4. The zero-order valence-corrected chi connectivity index (χ0v) is 14.2. The largest absolute Gasteiger partial charge is 0.481 e. The molecule has 0 radical (unpaired) electrons. The summed E-state index contributed by atoms with van der Waals surface area (Å²) in [5.74, 6) is 0.452. The van der Waals surface area contributed by atoms with E-state index in [9.17, 15) is 4.79 Å². The summed E-state index contributed by atoms with van der Waals surface area (Å²) in [5, 5.41) is 8.09. The van der Waals surface area contributed by atoms with E-state index in [1.807, 2.05) is 51.2 Å². The molecule has 24 heavy (non-hydrogen) atoms. The van der Waals surface area contributed by atoms with E-state index in [0.717, 1.165) is 22.3 Å². The van der Waals surface area contributed by atoms with Crippen LogP contribution in [0.15, 0.2) is 36.5 Å². The molecular weight excluding hydrogens is 304 g/mol. The molecule has 2 aromatic heterocycles. The lowest BCUT2D eigenvalue weighted by Gasteiger charge is -2.15. The number of aromatic nitrogens is 3. The van der Waals surface area contributed by atoms with Crippen molar-refractivity contribution in [1.29, 1.82) is 0 Å². The van der Waals surface area contributed by atoms with Gasteiger partial charge in [0.05, 0.1) is 17.6 Å². The van der Waals surface area contributed by atoms with E-state index < -0.39 is 6.10 Å². The molecule has 1 N–H and O–H groups in total. The molecule has 0 spiro atoms. The van der Waals surface area contributed by atoms with Crippen LogP contribution in [0.4, 0.5) is 5.69 Å². The van der Waals surface area contributed by atoms with E-state index >= 15 is 0 Å². The molecular formula is C18H20N4O2. The van der Waals surface area contributed by atoms with Crippen LogP contribution >= 0.6 is 0 Å². The third kappa shape index (κ3) is 3.22. The van der Waals surface area contributed by atoms with Crippen LogP contribution in [0.1, 0.15) is 18.2 Å². The van der Waals surface area contributed by atoms with Gasteiger partial charge >= 0.3 is 0 Å².